The molecule has 1 unspecified atom stereocenters. The molecule has 0 radical (unpaired) electrons. The fourth-order valence-electron chi connectivity index (χ4n) is 3.21. The molecule has 2 amide bonds. The van der Waals surface area contributed by atoms with Gasteiger partial charge in [-0.25, -0.2) is 0 Å². The highest BCUT2D eigenvalue weighted by molar-refractivity contribution is 6.00. The van der Waals surface area contributed by atoms with Crippen LogP contribution in [0.4, 0.5) is 5.69 Å². The van der Waals surface area contributed by atoms with Crippen molar-refractivity contribution in [1.82, 2.24) is 5.32 Å². The van der Waals surface area contributed by atoms with Crippen LogP contribution in [0.5, 0.6) is 0 Å². The van der Waals surface area contributed by atoms with Gasteiger partial charge in [0.25, 0.3) is 0 Å². The lowest BCUT2D eigenvalue weighted by atomic mass is 10.0. The number of esters is 1. The molecule has 0 spiro atoms. The van der Waals surface area contributed by atoms with E-state index in [-0.39, 0.29) is 30.1 Å². The third-order valence-corrected chi connectivity index (χ3v) is 4.93. The fraction of sp³-hybridized carbons (Fsp3) is 0.571. The number of benzene rings is 1. The number of anilines is 1. The summed E-state index contributed by atoms with van der Waals surface area (Å²) in [5.74, 6) is -0.200. The molecule has 1 aliphatic heterocycles. The van der Waals surface area contributed by atoms with Gasteiger partial charge in [-0.3, -0.25) is 14.4 Å². The van der Waals surface area contributed by atoms with Crippen molar-refractivity contribution in [1.29, 1.82) is 0 Å². The number of methoxy groups -OCH3 is 1. The van der Waals surface area contributed by atoms with Gasteiger partial charge in [-0.1, -0.05) is 32.4 Å². The number of nitrogens with zero attached hydrogens (tertiary/aromatic N) is 1. The first kappa shape index (κ1) is 20.9. The summed E-state index contributed by atoms with van der Waals surface area (Å²) in [6.45, 7) is 5.22. The van der Waals surface area contributed by atoms with Crippen LogP contribution < -0.4 is 10.2 Å². The number of carbonyl (C=O) groups excluding carboxylic acids is 3. The van der Waals surface area contributed by atoms with Gasteiger partial charge in [0, 0.05) is 31.6 Å². The molecule has 1 heterocycles. The summed E-state index contributed by atoms with van der Waals surface area (Å²) in [4.78, 5) is 37.5. The average molecular weight is 374 g/mol. The highest BCUT2D eigenvalue weighted by atomic mass is 16.5. The Balaban J connectivity index is 1.78. The number of unbranched alkanes of at least 4 members (excludes halogenated alkanes) is 2. The van der Waals surface area contributed by atoms with Crippen LogP contribution in [0.2, 0.25) is 0 Å². The lowest BCUT2D eigenvalue weighted by molar-refractivity contribution is -0.140. The molecule has 1 saturated heterocycles. The van der Waals surface area contributed by atoms with E-state index >= 15 is 0 Å². The second-order valence-electron chi connectivity index (χ2n) is 7.33. The van der Waals surface area contributed by atoms with Gasteiger partial charge in [0.2, 0.25) is 11.8 Å². The van der Waals surface area contributed by atoms with Crippen LogP contribution in [-0.2, 0) is 19.1 Å². The first-order valence-corrected chi connectivity index (χ1v) is 9.67. The molecule has 1 aliphatic rings. The summed E-state index contributed by atoms with van der Waals surface area (Å²) < 4.78 is 4.59. The molecule has 0 aliphatic carbocycles. The number of nitrogens with one attached hydrogen (secondary N) is 1. The smallest absolute Gasteiger partial charge is 0.305 e. The molecule has 0 bridgehead atoms. The maximum atomic E-state index is 12.4. The van der Waals surface area contributed by atoms with Crippen LogP contribution in [0.25, 0.3) is 0 Å². The molecule has 0 aromatic heterocycles. The van der Waals surface area contributed by atoms with E-state index in [0.29, 0.717) is 25.4 Å². The molecule has 148 valence electrons. The molecule has 1 atom stereocenters. The van der Waals surface area contributed by atoms with Crippen molar-refractivity contribution >= 4 is 23.5 Å². The van der Waals surface area contributed by atoms with Crippen LogP contribution in [0, 0.1) is 5.92 Å². The van der Waals surface area contributed by atoms with Gasteiger partial charge >= 0.3 is 5.97 Å². The molecular weight excluding hydrogens is 344 g/mol. The van der Waals surface area contributed by atoms with Crippen molar-refractivity contribution in [3.8, 4) is 0 Å². The van der Waals surface area contributed by atoms with Gasteiger partial charge in [0.05, 0.1) is 13.0 Å². The molecule has 2 rings (SSSR count). The lowest BCUT2D eigenvalue weighted by Crippen LogP contribution is -2.33. The van der Waals surface area contributed by atoms with Crippen LogP contribution in [0.3, 0.4) is 0 Å². The molecule has 1 aromatic carbocycles. The Morgan fingerprint density at radius 1 is 1.26 bits per heavy atom. The maximum absolute atomic E-state index is 12.4. The van der Waals surface area contributed by atoms with E-state index in [2.05, 4.69) is 30.0 Å². The Bertz CT molecular complexity index is 672. The molecule has 0 saturated carbocycles. The highest BCUT2D eigenvalue weighted by Gasteiger charge is 2.35. The SMILES string of the molecule is COC(=O)CCCCCNC(=O)C1CC(=O)N(c2cccc(C(C)C)c2)C1. The molecule has 6 heteroatoms. The van der Waals surface area contributed by atoms with Gasteiger partial charge in [-0.05, 0) is 36.5 Å². The number of ether oxygens (including phenoxy) is 1. The minimum Gasteiger partial charge on any atom is -0.469 e. The first-order valence-electron chi connectivity index (χ1n) is 9.67. The van der Waals surface area contributed by atoms with E-state index in [9.17, 15) is 14.4 Å². The van der Waals surface area contributed by atoms with Gasteiger partial charge in [-0.15, -0.1) is 0 Å². The molecular formula is C21H30N2O4. The van der Waals surface area contributed by atoms with Crippen molar-refractivity contribution < 1.29 is 19.1 Å². The van der Waals surface area contributed by atoms with E-state index in [1.807, 2.05) is 18.2 Å². The standard InChI is InChI=1S/C21H30N2O4/c1-15(2)16-8-7-9-18(12-16)23-14-17(13-19(23)24)21(26)22-11-6-4-5-10-20(25)27-3/h7-9,12,15,17H,4-6,10-11,13-14H2,1-3H3,(H,22,26). The summed E-state index contributed by atoms with van der Waals surface area (Å²) in [5.41, 5.74) is 2.05. The highest BCUT2D eigenvalue weighted by Crippen LogP contribution is 2.27. The lowest BCUT2D eigenvalue weighted by Gasteiger charge is -2.18. The quantitative estimate of drug-likeness (QED) is 0.532. The zero-order chi connectivity index (χ0) is 19.8. The number of carbonyl (C=O) groups is 3. The fourth-order valence-corrected chi connectivity index (χ4v) is 3.21. The van der Waals surface area contributed by atoms with Gasteiger partial charge in [0.1, 0.15) is 0 Å². The van der Waals surface area contributed by atoms with Crippen LogP contribution in [0.15, 0.2) is 24.3 Å². The Labute approximate surface area is 161 Å². The summed E-state index contributed by atoms with van der Waals surface area (Å²) >= 11 is 0. The third kappa shape index (κ3) is 6.08. The van der Waals surface area contributed by atoms with Gasteiger partial charge in [-0.2, -0.15) is 0 Å². The van der Waals surface area contributed by atoms with Crippen LogP contribution in [0.1, 0.15) is 57.4 Å². The second kappa shape index (κ2) is 10.1. The van der Waals surface area contributed by atoms with E-state index in [0.717, 1.165) is 24.9 Å². The topological polar surface area (TPSA) is 75.7 Å². The van der Waals surface area contributed by atoms with E-state index in [1.54, 1.807) is 4.90 Å². The predicted molar refractivity (Wildman–Crippen MR) is 104 cm³/mol. The van der Waals surface area contributed by atoms with E-state index in [1.165, 1.54) is 12.7 Å². The summed E-state index contributed by atoms with van der Waals surface area (Å²) in [6, 6.07) is 7.97. The molecule has 27 heavy (non-hydrogen) atoms. The van der Waals surface area contributed by atoms with Crippen molar-refractivity contribution in [2.45, 2.75) is 51.9 Å². The third-order valence-electron chi connectivity index (χ3n) is 4.93. The molecule has 1 N–H and O–H groups in total. The predicted octanol–water partition coefficient (Wildman–Crippen LogP) is 3.01. The van der Waals surface area contributed by atoms with Gasteiger partial charge in [0.15, 0.2) is 0 Å². The summed E-state index contributed by atoms with van der Waals surface area (Å²) in [5, 5.41) is 2.91. The van der Waals surface area contributed by atoms with Crippen molar-refractivity contribution in [3.05, 3.63) is 29.8 Å². The zero-order valence-electron chi connectivity index (χ0n) is 16.5. The normalized spacial score (nSPS) is 16.7. The summed E-state index contributed by atoms with van der Waals surface area (Å²) in [6.07, 6.45) is 3.08. The van der Waals surface area contributed by atoms with E-state index < -0.39 is 0 Å². The minimum atomic E-state index is -0.310. The minimum absolute atomic E-state index is 0.00543. The van der Waals surface area contributed by atoms with Crippen molar-refractivity contribution in [3.63, 3.8) is 0 Å². The Kier molecular flexibility index (Phi) is 7.82. The monoisotopic (exact) mass is 374 g/mol. The Hall–Kier alpha value is -2.37. The van der Waals surface area contributed by atoms with Crippen molar-refractivity contribution in [2.24, 2.45) is 5.92 Å². The second-order valence-corrected chi connectivity index (χ2v) is 7.33. The molecule has 6 nitrogen and oxygen atoms in total. The summed E-state index contributed by atoms with van der Waals surface area (Å²) in [7, 11) is 1.38. The maximum Gasteiger partial charge on any atom is 0.305 e. The number of rotatable bonds is 9. The number of hydrogen-bond acceptors (Lipinski definition) is 4. The number of hydrogen-bond donors (Lipinski definition) is 1. The first-order chi connectivity index (χ1) is 12.9. The Morgan fingerprint density at radius 2 is 2.04 bits per heavy atom. The van der Waals surface area contributed by atoms with E-state index in [4.69, 9.17) is 0 Å². The van der Waals surface area contributed by atoms with Gasteiger partial charge < -0.3 is 15.0 Å². The van der Waals surface area contributed by atoms with Crippen molar-refractivity contribution in [2.75, 3.05) is 25.1 Å². The average Bonchev–Trinajstić information content (AvgIpc) is 3.06. The largest absolute Gasteiger partial charge is 0.469 e. The van der Waals surface area contributed by atoms with Crippen LogP contribution in [-0.4, -0.2) is 38.0 Å². The van der Waals surface area contributed by atoms with Crippen LogP contribution >= 0.6 is 0 Å². The number of amides is 2. The molecule has 1 aromatic rings. The Morgan fingerprint density at radius 3 is 2.74 bits per heavy atom. The molecule has 1 fully saturated rings. The zero-order valence-corrected chi connectivity index (χ0v) is 16.5.